The molecule has 0 fully saturated rings. The Labute approximate surface area is 161 Å². The fourth-order valence-corrected chi connectivity index (χ4v) is 3.07. The van der Waals surface area contributed by atoms with E-state index < -0.39 is 5.91 Å². The molecule has 0 atom stereocenters. The predicted octanol–water partition coefficient (Wildman–Crippen LogP) is 4.58. The van der Waals surface area contributed by atoms with Crippen molar-refractivity contribution in [1.82, 2.24) is 4.57 Å². The number of amides is 1. The molecule has 0 saturated carbocycles. The van der Waals surface area contributed by atoms with Crippen LogP contribution in [0, 0.1) is 0 Å². The molecule has 0 aliphatic carbocycles. The van der Waals surface area contributed by atoms with Crippen molar-refractivity contribution in [2.75, 3.05) is 5.32 Å². The van der Waals surface area contributed by atoms with Gasteiger partial charge in [0.1, 0.15) is 11.3 Å². The minimum atomic E-state index is -0.476. The highest BCUT2D eigenvalue weighted by molar-refractivity contribution is 6.06. The van der Waals surface area contributed by atoms with E-state index >= 15 is 0 Å². The van der Waals surface area contributed by atoms with Crippen LogP contribution < -0.4 is 15.5 Å². The molecule has 4 aromatic rings. The van der Waals surface area contributed by atoms with Gasteiger partial charge in [0.2, 0.25) is 5.43 Å². The molecule has 0 unspecified atom stereocenters. The number of para-hydroxylation sites is 4. The van der Waals surface area contributed by atoms with Gasteiger partial charge < -0.3 is 14.6 Å². The second-order valence-electron chi connectivity index (χ2n) is 6.37. The fraction of sp³-hybridized carbons (Fsp3) is 0.0435. The molecule has 4 rings (SSSR count). The maximum Gasteiger partial charge on any atom is 0.261 e. The summed E-state index contributed by atoms with van der Waals surface area (Å²) in [6.45, 7) is 0. The van der Waals surface area contributed by atoms with Gasteiger partial charge in [-0.05, 0) is 36.4 Å². The van der Waals surface area contributed by atoms with Crippen LogP contribution >= 0.6 is 0 Å². The molecule has 0 radical (unpaired) electrons. The number of aryl methyl sites for hydroxylation is 1. The van der Waals surface area contributed by atoms with E-state index in [-0.39, 0.29) is 11.0 Å². The van der Waals surface area contributed by atoms with Crippen molar-refractivity contribution in [1.29, 1.82) is 0 Å². The highest BCUT2D eigenvalue weighted by Crippen LogP contribution is 2.29. The summed E-state index contributed by atoms with van der Waals surface area (Å²) < 4.78 is 7.65. The smallest absolute Gasteiger partial charge is 0.261 e. The monoisotopic (exact) mass is 370 g/mol. The molecule has 1 amide bonds. The first kappa shape index (κ1) is 17.5. The first-order chi connectivity index (χ1) is 13.6. The van der Waals surface area contributed by atoms with Gasteiger partial charge in [0.15, 0.2) is 5.75 Å². The van der Waals surface area contributed by atoms with Gasteiger partial charge in [-0.3, -0.25) is 9.59 Å². The van der Waals surface area contributed by atoms with E-state index in [0.29, 0.717) is 22.6 Å². The number of fused-ring (bicyclic) bond motifs is 1. The SMILES string of the molecule is Cn1cc(C(=O)Nc2ccccc2Oc2ccccc2)c(=O)c2ccccc21. The Morgan fingerprint density at radius 2 is 1.57 bits per heavy atom. The largest absolute Gasteiger partial charge is 0.455 e. The van der Waals surface area contributed by atoms with E-state index in [9.17, 15) is 9.59 Å². The highest BCUT2D eigenvalue weighted by Gasteiger charge is 2.16. The average Bonchev–Trinajstić information content (AvgIpc) is 2.73. The van der Waals surface area contributed by atoms with E-state index in [4.69, 9.17) is 4.74 Å². The number of rotatable bonds is 4. The standard InChI is InChI=1S/C23H18N2O3/c1-25-15-18(22(26)17-11-5-7-13-20(17)25)23(27)24-19-12-6-8-14-21(19)28-16-9-3-2-4-10-16/h2-15H,1H3,(H,24,27). The van der Waals surface area contributed by atoms with Crippen LogP contribution in [0.2, 0.25) is 0 Å². The van der Waals surface area contributed by atoms with Crippen LogP contribution in [0.4, 0.5) is 5.69 Å². The Bertz CT molecular complexity index is 1210. The molecule has 0 bridgehead atoms. The van der Waals surface area contributed by atoms with Crippen molar-refractivity contribution in [3.8, 4) is 11.5 Å². The second-order valence-corrected chi connectivity index (χ2v) is 6.37. The predicted molar refractivity (Wildman–Crippen MR) is 110 cm³/mol. The van der Waals surface area contributed by atoms with E-state index in [1.54, 1.807) is 41.1 Å². The number of carbonyl (C=O) groups is 1. The fourth-order valence-electron chi connectivity index (χ4n) is 3.07. The first-order valence-corrected chi connectivity index (χ1v) is 8.85. The average molecular weight is 370 g/mol. The molecular weight excluding hydrogens is 352 g/mol. The quantitative estimate of drug-likeness (QED) is 0.572. The van der Waals surface area contributed by atoms with E-state index in [0.717, 1.165) is 5.52 Å². The van der Waals surface area contributed by atoms with Crippen molar-refractivity contribution in [3.05, 3.63) is 101 Å². The third-order valence-corrected chi connectivity index (χ3v) is 4.45. The summed E-state index contributed by atoms with van der Waals surface area (Å²) in [5.74, 6) is 0.681. The van der Waals surface area contributed by atoms with Crippen LogP contribution in [0.5, 0.6) is 11.5 Å². The molecule has 0 aliphatic rings. The maximum atomic E-state index is 12.9. The Hall–Kier alpha value is -3.86. The van der Waals surface area contributed by atoms with Gasteiger partial charge in [0, 0.05) is 18.6 Å². The molecular formula is C23H18N2O3. The number of nitrogens with one attached hydrogen (secondary N) is 1. The molecule has 3 aromatic carbocycles. The molecule has 1 heterocycles. The first-order valence-electron chi connectivity index (χ1n) is 8.85. The lowest BCUT2D eigenvalue weighted by molar-refractivity contribution is 0.102. The minimum absolute atomic E-state index is 0.0794. The summed E-state index contributed by atoms with van der Waals surface area (Å²) in [5.41, 5.74) is 1.05. The zero-order valence-corrected chi connectivity index (χ0v) is 15.3. The summed E-state index contributed by atoms with van der Waals surface area (Å²) in [7, 11) is 1.81. The van der Waals surface area contributed by atoms with Crippen molar-refractivity contribution in [2.24, 2.45) is 7.05 Å². The molecule has 1 aromatic heterocycles. The van der Waals surface area contributed by atoms with Gasteiger partial charge in [0.25, 0.3) is 5.91 Å². The Morgan fingerprint density at radius 3 is 2.39 bits per heavy atom. The summed E-state index contributed by atoms with van der Waals surface area (Å²) in [4.78, 5) is 25.6. The summed E-state index contributed by atoms with van der Waals surface area (Å²) >= 11 is 0. The van der Waals surface area contributed by atoms with Gasteiger partial charge in [-0.15, -0.1) is 0 Å². The summed E-state index contributed by atoms with van der Waals surface area (Å²) in [5, 5.41) is 3.31. The van der Waals surface area contributed by atoms with Crippen LogP contribution in [-0.2, 0) is 7.05 Å². The molecule has 28 heavy (non-hydrogen) atoms. The molecule has 5 heteroatoms. The van der Waals surface area contributed by atoms with E-state index in [1.807, 2.05) is 55.6 Å². The van der Waals surface area contributed by atoms with E-state index in [2.05, 4.69) is 5.32 Å². The number of aromatic nitrogens is 1. The number of carbonyl (C=O) groups excluding carboxylic acids is 1. The minimum Gasteiger partial charge on any atom is -0.455 e. The molecule has 0 saturated heterocycles. The van der Waals surface area contributed by atoms with Crippen LogP contribution in [0.25, 0.3) is 10.9 Å². The van der Waals surface area contributed by atoms with Gasteiger partial charge in [-0.25, -0.2) is 0 Å². The lowest BCUT2D eigenvalue weighted by Gasteiger charge is -2.13. The van der Waals surface area contributed by atoms with Crippen molar-refractivity contribution >= 4 is 22.5 Å². The topological polar surface area (TPSA) is 60.3 Å². The van der Waals surface area contributed by atoms with Gasteiger partial charge >= 0.3 is 0 Å². The van der Waals surface area contributed by atoms with Crippen LogP contribution in [-0.4, -0.2) is 10.5 Å². The Kier molecular flexibility index (Phi) is 4.64. The van der Waals surface area contributed by atoms with Crippen molar-refractivity contribution < 1.29 is 9.53 Å². The summed E-state index contributed by atoms with van der Waals surface area (Å²) in [6, 6.07) is 23.6. The lowest BCUT2D eigenvalue weighted by Crippen LogP contribution is -2.23. The zero-order valence-electron chi connectivity index (χ0n) is 15.3. The van der Waals surface area contributed by atoms with Gasteiger partial charge in [0.05, 0.1) is 11.2 Å². The second kappa shape index (κ2) is 7.40. The summed E-state index contributed by atoms with van der Waals surface area (Å²) in [6.07, 6.45) is 1.56. The number of hydrogen-bond acceptors (Lipinski definition) is 3. The number of hydrogen-bond donors (Lipinski definition) is 1. The number of pyridine rings is 1. The van der Waals surface area contributed by atoms with Gasteiger partial charge in [-0.1, -0.05) is 42.5 Å². The van der Waals surface area contributed by atoms with Crippen molar-refractivity contribution in [2.45, 2.75) is 0 Å². The molecule has 0 aliphatic heterocycles. The van der Waals surface area contributed by atoms with Gasteiger partial charge in [-0.2, -0.15) is 0 Å². The lowest BCUT2D eigenvalue weighted by atomic mass is 10.1. The Morgan fingerprint density at radius 1 is 0.893 bits per heavy atom. The molecule has 5 nitrogen and oxygen atoms in total. The number of benzene rings is 3. The third-order valence-electron chi connectivity index (χ3n) is 4.45. The van der Waals surface area contributed by atoms with Crippen molar-refractivity contribution in [3.63, 3.8) is 0 Å². The van der Waals surface area contributed by atoms with E-state index in [1.165, 1.54) is 0 Å². The molecule has 1 N–H and O–H groups in total. The zero-order chi connectivity index (χ0) is 19.5. The van der Waals surface area contributed by atoms with Crippen LogP contribution in [0.3, 0.4) is 0 Å². The Balaban J connectivity index is 1.68. The number of anilines is 1. The van der Waals surface area contributed by atoms with Crippen LogP contribution in [0.1, 0.15) is 10.4 Å². The maximum absolute atomic E-state index is 12.9. The van der Waals surface area contributed by atoms with Crippen LogP contribution in [0.15, 0.2) is 89.9 Å². The highest BCUT2D eigenvalue weighted by atomic mass is 16.5. The number of ether oxygens (including phenoxy) is 1. The normalized spacial score (nSPS) is 10.6. The molecule has 138 valence electrons. The third kappa shape index (κ3) is 3.38. The molecule has 0 spiro atoms. The number of nitrogens with zero attached hydrogens (tertiary/aromatic N) is 1.